The first-order valence-electron chi connectivity index (χ1n) is 6.83. The first kappa shape index (κ1) is 15.1. The predicted molar refractivity (Wildman–Crippen MR) is 87.9 cm³/mol. The van der Waals surface area contributed by atoms with Crippen molar-refractivity contribution < 1.29 is 17.4 Å². The Morgan fingerprint density at radius 2 is 1.57 bits per heavy atom. The van der Waals surface area contributed by atoms with Crippen molar-refractivity contribution in [1.82, 2.24) is 0 Å². The van der Waals surface area contributed by atoms with E-state index in [9.17, 15) is 13.2 Å². The van der Waals surface area contributed by atoms with Gasteiger partial charge in [-0.25, -0.2) is 0 Å². The molecule has 0 bridgehead atoms. The minimum Gasteiger partial charge on any atom is -0.379 e. The SMILES string of the molecule is O=CNc1c(S(=O)(=O)Oc2ccccc2)ccc2ccccc12. The number of hydrogen-bond donors (Lipinski definition) is 1. The number of hydrogen-bond acceptors (Lipinski definition) is 4. The molecular weight excluding hydrogens is 314 g/mol. The Kier molecular flexibility index (Phi) is 3.99. The lowest BCUT2D eigenvalue weighted by atomic mass is 10.1. The van der Waals surface area contributed by atoms with Crippen LogP contribution in [0.3, 0.4) is 0 Å². The van der Waals surface area contributed by atoms with Gasteiger partial charge in [0.2, 0.25) is 6.41 Å². The van der Waals surface area contributed by atoms with Gasteiger partial charge in [-0.3, -0.25) is 4.79 Å². The average molecular weight is 327 g/mol. The van der Waals surface area contributed by atoms with Gasteiger partial charge >= 0.3 is 10.1 Å². The van der Waals surface area contributed by atoms with E-state index in [0.717, 1.165) is 5.39 Å². The summed E-state index contributed by atoms with van der Waals surface area (Å²) in [6, 6.07) is 18.5. The summed E-state index contributed by atoms with van der Waals surface area (Å²) in [6.45, 7) is 0. The van der Waals surface area contributed by atoms with Gasteiger partial charge in [-0.2, -0.15) is 8.42 Å². The normalized spacial score (nSPS) is 11.1. The molecule has 0 spiro atoms. The average Bonchev–Trinajstić information content (AvgIpc) is 2.55. The molecule has 116 valence electrons. The van der Waals surface area contributed by atoms with Gasteiger partial charge in [-0.05, 0) is 23.6 Å². The predicted octanol–water partition coefficient (Wildman–Crippen LogP) is 3.18. The second-order valence-corrected chi connectivity index (χ2v) is 6.29. The summed E-state index contributed by atoms with van der Waals surface area (Å²) in [6.07, 6.45) is 0.448. The van der Waals surface area contributed by atoms with Crippen molar-refractivity contribution >= 4 is 33.0 Å². The monoisotopic (exact) mass is 327 g/mol. The molecule has 3 rings (SSSR count). The van der Waals surface area contributed by atoms with Gasteiger partial charge in [-0.1, -0.05) is 48.5 Å². The Balaban J connectivity index is 2.14. The lowest BCUT2D eigenvalue weighted by Gasteiger charge is -2.13. The maximum absolute atomic E-state index is 12.6. The van der Waals surface area contributed by atoms with E-state index in [1.54, 1.807) is 48.5 Å². The molecule has 0 heterocycles. The maximum atomic E-state index is 12.6. The largest absolute Gasteiger partial charge is 0.379 e. The number of para-hydroxylation sites is 1. The lowest BCUT2D eigenvalue weighted by molar-refractivity contribution is -0.105. The molecule has 0 aliphatic rings. The van der Waals surface area contributed by atoms with Crippen molar-refractivity contribution in [2.45, 2.75) is 4.90 Å². The van der Waals surface area contributed by atoms with Gasteiger partial charge in [0, 0.05) is 5.39 Å². The molecule has 23 heavy (non-hydrogen) atoms. The van der Waals surface area contributed by atoms with E-state index in [2.05, 4.69) is 5.32 Å². The van der Waals surface area contributed by atoms with Crippen molar-refractivity contribution in [2.75, 3.05) is 5.32 Å². The van der Waals surface area contributed by atoms with Gasteiger partial charge in [-0.15, -0.1) is 0 Å². The third kappa shape index (κ3) is 3.02. The van der Waals surface area contributed by atoms with E-state index in [1.807, 2.05) is 12.1 Å². The van der Waals surface area contributed by atoms with Crippen LogP contribution in [0.2, 0.25) is 0 Å². The first-order chi connectivity index (χ1) is 11.1. The topological polar surface area (TPSA) is 72.5 Å². The molecule has 3 aromatic carbocycles. The van der Waals surface area contributed by atoms with Crippen molar-refractivity contribution in [2.24, 2.45) is 0 Å². The van der Waals surface area contributed by atoms with Crippen molar-refractivity contribution in [3.8, 4) is 5.75 Å². The summed E-state index contributed by atoms with van der Waals surface area (Å²) in [5.74, 6) is 0.206. The Morgan fingerprint density at radius 3 is 2.30 bits per heavy atom. The maximum Gasteiger partial charge on any atom is 0.341 e. The van der Waals surface area contributed by atoms with Crippen LogP contribution < -0.4 is 9.50 Å². The minimum atomic E-state index is -4.08. The van der Waals surface area contributed by atoms with Gasteiger partial charge in [0.25, 0.3) is 0 Å². The van der Waals surface area contributed by atoms with Gasteiger partial charge in [0.15, 0.2) is 0 Å². The molecule has 0 aromatic heterocycles. The van der Waals surface area contributed by atoms with Gasteiger partial charge in [0.05, 0.1) is 5.69 Å². The zero-order valence-corrected chi connectivity index (χ0v) is 12.8. The fraction of sp³-hybridized carbons (Fsp3) is 0. The third-order valence-electron chi connectivity index (χ3n) is 3.31. The van der Waals surface area contributed by atoms with E-state index < -0.39 is 10.1 Å². The standard InChI is InChI=1S/C17H13NO4S/c19-12-18-17-15-9-5-4-6-13(15)10-11-16(17)23(20,21)22-14-7-2-1-3-8-14/h1-12H,(H,18,19). The Bertz CT molecular complexity index is 953. The molecule has 0 saturated heterocycles. The molecular formula is C17H13NO4S. The fourth-order valence-electron chi connectivity index (χ4n) is 2.32. The second kappa shape index (κ2) is 6.10. The molecule has 0 saturated carbocycles. The lowest BCUT2D eigenvalue weighted by Crippen LogP contribution is -2.13. The molecule has 3 aromatic rings. The van der Waals surface area contributed by atoms with E-state index in [4.69, 9.17) is 4.18 Å². The highest BCUT2D eigenvalue weighted by Gasteiger charge is 2.22. The molecule has 6 heteroatoms. The van der Waals surface area contributed by atoms with Crippen LogP contribution in [0.25, 0.3) is 10.8 Å². The highest BCUT2D eigenvalue weighted by molar-refractivity contribution is 7.87. The number of anilines is 1. The van der Waals surface area contributed by atoms with Crippen LogP contribution in [-0.4, -0.2) is 14.8 Å². The smallest absolute Gasteiger partial charge is 0.341 e. The van der Waals surface area contributed by atoms with Crippen molar-refractivity contribution in [3.63, 3.8) is 0 Å². The number of carbonyl (C=O) groups is 1. The van der Waals surface area contributed by atoms with Crippen LogP contribution in [0.5, 0.6) is 5.75 Å². The summed E-state index contributed by atoms with van der Waals surface area (Å²) in [5, 5.41) is 3.91. The molecule has 1 amide bonds. The number of fused-ring (bicyclic) bond motifs is 1. The molecule has 0 unspecified atom stereocenters. The molecule has 0 atom stereocenters. The minimum absolute atomic E-state index is 0.0906. The van der Waals surface area contributed by atoms with Crippen LogP contribution in [0, 0.1) is 0 Å². The van der Waals surface area contributed by atoms with Gasteiger partial charge in [0.1, 0.15) is 10.6 Å². The van der Waals surface area contributed by atoms with Crippen molar-refractivity contribution in [1.29, 1.82) is 0 Å². The molecule has 0 fully saturated rings. The van der Waals surface area contributed by atoms with Crippen LogP contribution in [0.1, 0.15) is 0 Å². The summed E-state index contributed by atoms with van der Waals surface area (Å²) < 4.78 is 30.3. The highest BCUT2D eigenvalue weighted by Crippen LogP contribution is 2.32. The Hall–Kier alpha value is -2.86. The third-order valence-corrected chi connectivity index (χ3v) is 4.60. The van der Waals surface area contributed by atoms with Crippen LogP contribution in [0.15, 0.2) is 71.6 Å². The van der Waals surface area contributed by atoms with E-state index in [-0.39, 0.29) is 16.3 Å². The van der Waals surface area contributed by atoms with Crippen LogP contribution in [-0.2, 0) is 14.9 Å². The van der Waals surface area contributed by atoms with Crippen molar-refractivity contribution in [3.05, 3.63) is 66.7 Å². The Labute approximate surface area is 133 Å². The highest BCUT2D eigenvalue weighted by atomic mass is 32.2. The van der Waals surface area contributed by atoms with E-state index in [1.165, 1.54) is 6.07 Å². The summed E-state index contributed by atoms with van der Waals surface area (Å²) in [7, 11) is -4.08. The number of benzene rings is 3. The van der Waals surface area contributed by atoms with E-state index in [0.29, 0.717) is 11.8 Å². The molecule has 5 nitrogen and oxygen atoms in total. The van der Waals surface area contributed by atoms with E-state index >= 15 is 0 Å². The molecule has 1 N–H and O–H groups in total. The number of nitrogens with one attached hydrogen (secondary N) is 1. The number of carbonyl (C=O) groups excluding carboxylic acids is 1. The Morgan fingerprint density at radius 1 is 0.870 bits per heavy atom. The number of amides is 1. The first-order valence-corrected chi connectivity index (χ1v) is 8.24. The van der Waals surface area contributed by atoms with Crippen LogP contribution >= 0.6 is 0 Å². The van der Waals surface area contributed by atoms with Gasteiger partial charge < -0.3 is 9.50 Å². The summed E-state index contributed by atoms with van der Waals surface area (Å²) in [5.41, 5.74) is 0.203. The second-order valence-electron chi connectivity index (χ2n) is 4.77. The molecule has 0 radical (unpaired) electrons. The van der Waals surface area contributed by atoms with Crippen LogP contribution in [0.4, 0.5) is 5.69 Å². The zero-order chi connectivity index (χ0) is 16.3. The quantitative estimate of drug-likeness (QED) is 0.577. The number of rotatable bonds is 5. The summed E-state index contributed by atoms with van der Waals surface area (Å²) in [4.78, 5) is 10.8. The molecule has 0 aliphatic heterocycles. The zero-order valence-electron chi connectivity index (χ0n) is 12.0. The summed E-state index contributed by atoms with van der Waals surface area (Å²) >= 11 is 0. The molecule has 0 aliphatic carbocycles. The fourth-order valence-corrected chi connectivity index (χ4v) is 3.42.